The van der Waals surface area contributed by atoms with Gasteiger partial charge < -0.3 is 15.5 Å². The number of aryl methyl sites for hydroxylation is 1. The predicted octanol–water partition coefficient (Wildman–Crippen LogP) is 4.77. The molecule has 0 radical (unpaired) electrons. The highest BCUT2D eigenvalue weighted by Crippen LogP contribution is 2.32. The van der Waals surface area contributed by atoms with Crippen molar-refractivity contribution in [2.24, 2.45) is 0 Å². The van der Waals surface area contributed by atoms with Gasteiger partial charge in [0.15, 0.2) is 0 Å². The van der Waals surface area contributed by atoms with E-state index in [1.807, 2.05) is 32.0 Å². The normalized spacial score (nSPS) is 19.1. The number of nitrogens with zero attached hydrogens (tertiary/aromatic N) is 2. The van der Waals surface area contributed by atoms with E-state index in [-0.39, 0.29) is 17.6 Å². The number of benzene rings is 1. The number of anilines is 2. The molecular weight excluding hydrogens is 412 g/mol. The SMILES string of the molecule is Cc1cnc(NC2CCCCC2NC(=O)c2ccc(F)c(C(F)(F)F)c2)cc1N(C)C. The Hall–Kier alpha value is -2.84. The summed E-state index contributed by atoms with van der Waals surface area (Å²) < 4.78 is 52.5. The number of hydrogen-bond acceptors (Lipinski definition) is 4. The maximum Gasteiger partial charge on any atom is 0.419 e. The summed E-state index contributed by atoms with van der Waals surface area (Å²) in [7, 11) is 3.88. The van der Waals surface area contributed by atoms with Gasteiger partial charge in [0.05, 0.1) is 5.56 Å². The van der Waals surface area contributed by atoms with Crippen LogP contribution in [0.25, 0.3) is 0 Å². The van der Waals surface area contributed by atoms with Gasteiger partial charge >= 0.3 is 6.18 Å². The van der Waals surface area contributed by atoms with Crippen molar-refractivity contribution in [3.8, 4) is 0 Å². The molecule has 1 heterocycles. The highest BCUT2D eigenvalue weighted by atomic mass is 19.4. The maximum atomic E-state index is 13.5. The van der Waals surface area contributed by atoms with Crippen molar-refractivity contribution in [1.29, 1.82) is 0 Å². The zero-order valence-corrected chi connectivity index (χ0v) is 17.7. The Labute approximate surface area is 178 Å². The van der Waals surface area contributed by atoms with Gasteiger partial charge in [-0.25, -0.2) is 9.37 Å². The van der Waals surface area contributed by atoms with Gasteiger partial charge in [-0.1, -0.05) is 12.8 Å². The molecule has 1 aliphatic carbocycles. The first-order chi connectivity index (χ1) is 14.6. The monoisotopic (exact) mass is 438 g/mol. The van der Waals surface area contributed by atoms with Crippen LogP contribution in [-0.4, -0.2) is 37.1 Å². The van der Waals surface area contributed by atoms with Gasteiger partial charge in [-0.2, -0.15) is 13.2 Å². The molecule has 1 aromatic heterocycles. The molecule has 5 nitrogen and oxygen atoms in total. The lowest BCUT2D eigenvalue weighted by Crippen LogP contribution is -2.48. The lowest BCUT2D eigenvalue weighted by Gasteiger charge is -2.33. The molecule has 9 heteroatoms. The number of alkyl halides is 3. The fraction of sp³-hybridized carbons (Fsp3) is 0.455. The van der Waals surface area contributed by atoms with Crippen molar-refractivity contribution in [2.75, 3.05) is 24.3 Å². The second kappa shape index (κ2) is 9.11. The van der Waals surface area contributed by atoms with E-state index in [9.17, 15) is 22.4 Å². The van der Waals surface area contributed by atoms with E-state index < -0.39 is 23.5 Å². The molecule has 1 amide bonds. The van der Waals surface area contributed by atoms with Crippen LogP contribution in [0, 0.1) is 12.7 Å². The number of carbonyl (C=O) groups excluding carboxylic acids is 1. The Morgan fingerprint density at radius 1 is 1.13 bits per heavy atom. The fourth-order valence-electron chi connectivity index (χ4n) is 3.88. The number of nitrogens with one attached hydrogen (secondary N) is 2. The fourth-order valence-corrected chi connectivity index (χ4v) is 3.88. The first kappa shape index (κ1) is 22.8. The van der Waals surface area contributed by atoms with Crippen LogP contribution in [0.4, 0.5) is 29.1 Å². The van der Waals surface area contributed by atoms with Crippen molar-refractivity contribution in [3.05, 3.63) is 53.0 Å². The Morgan fingerprint density at radius 2 is 1.81 bits per heavy atom. The molecule has 0 bridgehead atoms. The number of amides is 1. The van der Waals surface area contributed by atoms with Gasteiger partial charge in [0.25, 0.3) is 5.91 Å². The molecule has 2 aromatic rings. The number of carbonyl (C=O) groups is 1. The summed E-state index contributed by atoms with van der Waals surface area (Å²) in [5.74, 6) is -1.39. The molecule has 1 aromatic carbocycles. The number of aromatic nitrogens is 1. The van der Waals surface area contributed by atoms with E-state index in [0.29, 0.717) is 24.4 Å². The Kier molecular flexibility index (Phi) is 6.71. The first-order valence-corrected chi connectivity index (χ1v) is 10.1. The summed E-state index contributed by atoms with van der Waals surface area (Å²) in [6.45, 7) is 1.97. The van der Waals surface area contributed by atoms with Crippen LogP contribution in [0.15, 0.2) is 30.5 Å². The minimum Gasteiger partial charge on any atom is -0.377 e. The van der Waals surface area contributed by atoms with Gasteiger partial charge in [0.2, 0.25) is 0 Å². The van der Waals surface area contributed by atoms with Gasteiger partial charge in [-0.05, 0) is 43.5 Å². The zero-order valence-electron chi connectivity index (χ0n) is 17.7. The third-order valence-electron chi connectivity index (χ3n) is 5.51. The number of rotatable bonds is 5. The lowest BCUT2D eigenvalue weighted by molar-refractivity contribution is -0.140. The van der Waals surface area contributed by atoms with E-state index in [1.54, 1.807) is 6.20 Å². The van der Waals surface area contributed by atoms with Crippen LogP contribution in [-0.2, 0) is 6.18 Å². The highest BCUT2D eigenvalue weighted by Gasteiger charge is 2.35. The van der Waals surface area contributed by atoms with Crippen LogP contribution in [0.5, 0.6) is 0 Å². The zero-order chi connectivity index (χ0) is 22.8. The lowest BCUT2D eigenvalue weighted by atomic mass is 9.90. The Morgan fingerprint density at radius 3 is 2.45 bits per heavy atom. The summed E-state index contributed by atoms with van der Waals surface area (Å²) in [4.78, 5) is 19.0. The van der Waals surface area contributed by atoms with Gasteiger partial charge in [-0.15, -0.1) is 0 Å². The van der Waals surface area contributed by atoms with Gasteiger partial charge in [0.1, 0.15) is 11.6 Å². The van der Waals surface area contributed by atoms with E-state index in [4.69, 9.17) is 0 Å². The van der Waals surface area contributed by atoms with Crippen molar-refractivity contribution < 1.29 is 22.4 Å². The predicted molar refractivity (Wildman–Crippen MR) is 112 cm³/mol. The van der Waals surface area contributed by atoms with Crippen molar-refractivity contribution >= 4 is 17.4 Å². The molecule has 1 aliphatic rings. The van der Waals surface area contributed by atoms with Gasteiger partial charge in [0, 0.05) is 49.7 Å². The standard InChI is InChI=1S/C22H26F4N4O/c1-13-12-27-20(11-19(13)30(2)3)28-17-6-4-5-7-18(17)29-21(31)14-8-9-16(23)15(10-14)22(24,25)26/h8-12,17-18H,4-7H2,1-3H3,(H,27,28)(H,29,31). The van der Waals surface area contributed by atoms with Crippen LogP contribution in [0.1, 0.15) is 47.2 Å². The molecule has 0 saturated heterocycles. The summed E-state index contributed by atoms with van der Waals surface area (Å²) in [6.07, 6.45) is 0.232. The molecular formula is C22H26F4N4O. The van der Waals surface area contributed by atoms with E-state index >= 15 is 0 Å². The molecule has 1 saturated carbocycles. The minimum atomic E-state index is -4.86. The average Bonchev–Trinajstić information content (AvgIpc) is 2.70. The molecule has 3 rings (SSSR count). The van der Waals surface area contributed by atoms with Crippen molar-refractivity contribution in [3.63, 3.8) is 0 Å². The molecule has 1 fully saturated rings. The van der Waals surface area contributed by atoms with E-state index in [1.165, 1.54) is 0 Å². The highest BCUT2D eigenvalue weighted by molar-refractivity contribution is 5.94. The molecule has 2 N–H and O–H groups in total. The van der Waals surface area contributed by atoms with E-state index in [0.717, 1.165) is 36.6 Å². The Bertz CT molecular complexity index is 946. The number of pyridine rings is 1. The molecule has 2 unspecified atom stereocenters. The molecule has 0 spiro atoms. The summed E-state index contributed by atoms with van der Waals surface area (Å²) in [6, 6.07) is 3.82. The quantitative estimate of drug-likeness (QED) is 0.661. The largest absolute Gasteiger partial charge is 0.419 e. The van der Waals surface area contributed by atoms with Crippen molar-refractivity contribution in [2.45, 2.75) is 50.9 Å². The van der Waals surface area contributed by atoms with Crippen LogP contribution < -0.4 is 15.5 Å². The number of halogens is 4. The van der Waals surface area contributed by atoms with E-state index in [2.05, 4.69) is 15.6 Å². The molecule has 2 atom stereocenters. The summed E-state index contributed by atoms with van der Waals surface area (Å²) >= 11 is 0. The topological polar surface area (TPSA) is 57.3 Å². The van der Waals surface area contributed by atoms with Crippen LogP contribution in [0.2, 0.25) is 0 Å². The third kappa shape index (κ3) is 5.45. The van der Waals surface area contributed by atoms with Gasteiger partial charge in [-0.3, -0.25) is 4.79 Å². The third-order valence-corrected chi connectivity index (χ3v) is 5.51. The smallest absolute Gasteiger partial charge is 0.377 e. The second-order valence-corrected chi connectivity index (χ2v) is 8.06. The summed E-state index contributed by atoms with van der Waals surface area (Å²) in [5, 5.41) is 6.19. The molecule has 168 valence electrons. The minimum absolute atomic E-state index is 0.120. The first-order valence-electron chi connectivity index (χ1n) is 10.1. The van der Waals surface area contributed by atoms with Crippen molar-refractivity contribution in [1.82, 2.24) is 10.3 Å². The molecule has 0 aliphatic heterocycles. The average molecular weight is 438 g/mol. The maximum absolute atomic E-state index is 13.5. The summed E-state index contributed by atoms with van der Waals surface area (Å²) in [5.41, 5.74) is 0.376. The van der Waals surface area contributed by atoms with Crippen LogP contribution in [0.3, 0.4) is 0 Å². The van der Waals surface area contributed by atoms with Crippen LogP contribution >= 0.6 is 0 Å². The Balaban J connectivity index is 1.76. The second-order valence-electron chi connectivity index (χ2n) is 8.06. The molecule has 31 heavy (non-hydrogen) atoms. The number of hydrogen-bond donors (Lipinski definition) is 2.